The van der Waals surface area contributed by atoms with Crippen LogP contribution in [0.2, 0.25) is 0 Å². The number of phenolic OH excluding ortho intramolecular Hbond substituents is 1. The third kappa shape index (κ3) is 3.42. The topological polar surface area (TPSA) is 101 Å². The Balaban J connectivity index is 3.22. The van der Waals surface area contributed by atoms with Crippen LogP contribution in [-0.2, 0) is 10.0 Å². The zero-order valence-electron chi connectivity index (χ0n) is 10.9. The molecule has 0 radical (unpaired) electrons. The lowest BCUT2D eigenvalue weighted by atomic mass is 10.2. The molecular formula is C11H16N2O5S. The highest BCUT2D eigenvalue weighted by atomic mass is 32.2. The van der Waals surface area contributed by atoms with Crippen molar-refractivity contribution in [3.8, 4) is 5.75 Å². The summed E-state index contributed by atoms with van der Waals surface area (Å²) in [6, 6.07) is 3.02. The SMILES string of the molecule is CC(C)CN(C)S(=O)(=O)c1ccc(O)c([N+](=O)[O-])c1. The van der Waals surface area contributed by atoms with Gasteiger partial charge in [0.15, 0.2) is 5.75 Å². The van der Waals surface area contributed by atoms with Crippen molar-refractivity contribution in [1.82, 2.24) is 4.31 Å². The second kappa shape index (κ2) is 5.54. The Morgan fingerprint density at radius 1 is 1.42 bits per heavy atom. The summed E-state index contributed by atoms with van der Waals surface area (Å²) in [7, 11) is -2.38. The van der Waals surface area contributed by atoms with Crippen molar-refractivity contribution in [2.75, 3.05) is 13.6 Å². The lowest BCUT2D eigenvalue weighted by Crippen LogP contribution is -2.30. The van der Waals surface area contributed by atoms with E-state index in [1.807, 2.05) is 13.8 Å². The molecule has 1 rings (SSSR count). The monoisotopic (exact) mass is 288 g/mol. The van der Waals surface area contributed by atoms with Crippen molar-refractivity contribution in [2.24, 2.45) is 5.92 Å². The summed E-state index contributed by atoms with van der Waals surface area (Å²) in [6.07, 6.45) is 0. The van der Waals surface area contributed by atoms with Crippen LogP contribution in [0.25, 0.3) is 0 Å². The van der Waals surface area contributed by atoms with Crippen LogP contribution in [0.4, 0.5) is 5.69 Å². The van der Waals surface area contributed by atoms with Crippen LogP contribution in [0.15, 0.2) is 23.1 Å². The molecule has 19 heavy (non-hydrogen) atoms. The maximum absolute atomic E-state index is 12.2. The standard InChI is InChI=1S/C11H16N2O5S/c1-8(2)7-12(3)19(17,18)9-4-5-11(14)10(6-9)13(15)16/h4-6,8,14H,7H2,1-3H3. The number of nitrogens with zero attached hydrogens (tertiary/aromatic N) is 2. The van der Waals surface area contributed by atoms with Gasteiger partial charge in [-0.2, -0.15) is 0 Å². The fourth-order valence-corrected chi connectivity index (χ4v) is 2.96. The zero-order valence-corrected chi connectivity index (χ0v) is 11.7. The Hall–Kier alpha value is -1.67. The van der Waals surface area contributed by atoms with E-state index in [2.05, 4.69) is 0 Å². The first kappa shape index (κ1) is 15.4. The van der Waals surface area contributed by atoms with Crippen molar-refractivity contribution in [1.29, 1.82) is 0 Å². The summed E-state index contributed by atoms with van der Waals surface area (Å²) >= 11 is 0. The van der Waals surface area contributed by atoms with E-state index in [4.69, 9.17) is 0 Å². The maximum Gasteiger partial charge on any atom is 0.312 e. The van der Waals surface area contributed by atoms with Crippen LogP contribution in [0.1, 0.15) is 13.8 Å². The molecule has 0 aliphatic carbocycles. The molecular weight excluding hydrogens is 272 g/mol. The molecule has 0 saturated carbocycles. The van der Waals surface area contributed by atoms with Crippen molar-refractivity contribution in [3.05, 3.63) is 28.3 Å². The largest absolute Gasteiger partial charge is 0.502 e. The molecule has 0 fully saturated rings. The predicted molar refractivity (Wildman–Crippen MR) is 69.4 cm³/mol. The number of phenols is 1. The minimum absolute atomic E-state index is 0.131. The number of sulfonamides is 1. The number of hydrogen-bond donors (Lipinski definition) is 1. The second-order valence-electron chi connectivity index (χ2n) is 4.59. The van der Waals surface area contributed by atoms with Crippen LogP contribution < -0.4 is 0 Å². The van der Waals surface area contributed by atoms with E-state index in [1.165, 1.54) is 7.05 Å². The van der Waals surface area contributed by atoms with Gasteiger partial charge < -0.3 is 5.11 Å². The van der Waals surface area contributed by atoms with Crippen molar-refractivity contribution < 1.29 is 18.4 Å². The van der Waals surface area contributed by atoms with Gasteiger partial charge in [-0.3, -0.25) is 10.1 Å². The van der Waals surface area contributed by atoms with E-state index in [1.54, 1.807) is 0 Å². The fraction of sp³-hybridized carbons (Fsp3) is 0.455. The van der Waals surface area contributed by atoms with Gasteiger partial charge in [-0.1, -0.05) is 13.8 Å². The molecule has 0 amide bonds. The molecule has 1 aromatic rings. The first-order chi connectivity index (χ1) is 8.66. The summed E-state index contributed by atoms with van der Waals surface area (Å²) in [4.78, 5) is 9.65. The number of benzene rings is 1. The summed E-state index contributed by atoms with van der Waals surface area (Å²) in [5.74, 6) is -0.428. The Labute approximate surface area is 111 Å². The van der Waals surface area contributed by atoms with Gasteiger partial charge in [0.25, 0.3) is 0 Å². The fourth-order valence-electron chi connectivity index (χ4n) is 1.60. The van der Waals surface area contributed by atoms with Crippen LogP contribution >= 0.6 is 0 Å². The lowest BCUT2D eigenvalue weighted by molar-refractivity contribution is -0.386. The minimum atomic E-state index is -3.79. The second-order valence-corrected chi connectivity index (χ2v) is 6.63. The molecule has 0 bridgehead atoms. The van der Waals surface area contributed by atoms with Crippen molar-refractivity contribution in [3.63, 3.8) is 0 Å². The van der Waals surface area contributed by atoms with E-state index in [0.717, 1.165) is 22.5 Å². The number of nitro groups is 1. The molecule has 0 atom stereocenters. The lowest BCUT2D eigenvalue weighted by Gasteiger charge is -2.19. The number of nitro benzene ring substituents is 1. The smallest absolute Gasteiger partial charge is 0.312 e. The average Bonchev–Trinajstić information content (AvgIpc) is 2.27. The highest BCUT2D eigenvalue weighted by Crippen LogP contribution is 2.29. The van der Waals surface area contributed by atoms with Crippen LogP contribution in [0.3, 0.4) is 0 Å². The van der Waals surface area contributed by atoms with Crippen LogP contribution in [0.5, 0.6) is 5.75 Å². The molecule has 7 nitrogen and oxygen atoms in total. The van der Waals surface area contributed by atoms with Gasteiger partial charge in [-0.05, 0) is 18.1 Å². The Bertz CT molecular complexity index is 583. The molecule has 106 valence electrons. The maximum atomic E-state index is 12.2. The molecule has 0 spiro atoms. The molecule has 0 aliphatic rings. The molecule has 0 aromatic heterocycles. The van der Waals surface area contributed by atoms with E-state index in [0.29, 0.717) is 6.54 Å². The van der Waals surface area contributed by atoms with Gasteiger partial charge in [0.2, 0.25) is 10.0 Å². The van der Waals surface area contributed by atoms with Gasteiger partial charge in [0.1, 0.15) is 0 Å². The molecule has 0 aliphatic heterocycles. The van der Waals surface area contributed by atoms with Crippen LogP contribution in [0, 0.1) is 16.0 Å². The van der Waals surface area contributed by atoms with Gasteiger partial charge in [0.05, 0.1) is 9.82 Å². The molecule has 1 aromatic carbocycles. The van der Waals surface area contributed by atoms with Gasteiger partial charge in [-0.15, -0.1) is 0 Å². The first-order valence-corrected chi connectivity index (χ1v) is 7.04. The normalized spacial score (nSPS) is 12.1. The van der Waals surface area contributed by atoms with E-state index >= 15 is 0 Å². The van der Waals surface area contributed by atoms with Crippen molar-refractivity contribution in [2.45, 2.75) is 18.7 Å². The Kier molecular flexibility index (Phi) is 4.48. The Morgan fingerprint density at radius 3 is 2.47 bits per heavy atom. The average molecular weight is 288 g/mol. The first-order valence-electron chi connectivity index (χ1n) is 5.60. The molecule has 0 heterocycles. The summed E-state index contributed by atoms with van der Waals surface area (Å²) in [5.41, 5.74) is -0.626. The van der Waals surface area contributed by atoms with Gasteiger partial charge in [-0.25, -0.2) is 12.7 Å². The van der Waals surface area contributed by atoms with Gasteiger partial charge in [0, 0.05) is 19.7 Å². The summed E-state index contributed by atoms with van der Waals surface area (Å²) in [6.45, 7) is 4.04. The number of aromatic hydroxyl groups is 1. The minimum Gasteiger partial charge on any atom is -0.502 e. The van der Waals surface area contributed by atoms with Crippen molar-refractivity contribution >= 4 is 15.7 Å². The number of hydrogen-bond acceptors (Lipinski definition) is 5. The number of rotatable bonds is 5. The van der Waals surface area contributed by atoms with E-state index in [-0.39, 0.29) is 10.8 Å². The summed E-state index contributed by atoms with van der Waals surface area (Å²) < 4.78 is 25.5. The van der Waals surface area contributed by atoms with Crippen LogP contribution in [-0.4, -0.2) is 36.3 Å². The third-order valence-electron chi connectivity index (χ3n) is 2.47. The van der Waals surface area contributed by atoms with Gasteiger partial charge >= 0.3 is 5.69 Å². The van der Waals surface area contributed by atoms with E-state index < -0.39 is 26.4 Å². The van der Waals surface area contributed by atoms with E-state index in [9.17, 15) is 23.6 Å². The molecule has 1 N–H and O–H groups in total. The molecule has 8 heteroatoms. The molecule has 0 saturated heterocycles. The predicted octanol–water partition coefficient (Wildman–Crippen LogP) is 1.58. The quantitative estimate of drug-likeness (QED) is 0.654. The highest BCUT2D eigenvalue weighted by molar-refractivity contribution is 7.89. The third-order valence-corrected chi connectivity index (χ3v) is 4.29. The molecule has 0 unspecified atom stereocenters. The Morgan fingerprint density at radius 2 is 2.00 bits per heavy atom. The highest BCUT2D eigenvalue weighted by Gasteiger charge is 2.25. The zero-order chi connectivity index (χ0) is 14.8. The summed E-state index contributed by atoms with van der Waals surface area (Å²) in [5, 5.41) is 20.0.